The molecule has 5 heteroatoms. The largest absolute Gasteiger partial charge is 0.323 e. The molecule has 0 amide bonds. The van der Waals surface area contributed by atoms with Gasteiger partial charge in [-0.3, -0.25) is 9.59 Å². The van der Waals surface area contributed by atoms with Gasteiger partial charge in [-0.15, -0.1) is 0 Å². The average Bonchev–Trinajstić information content (AvgIpc) is 2.88. The third-order valence-corrected chi connectivity index (χ3v) is 10.3. The maximum Gasteiger partial charge on any atom is 0.218 e. The molecule has 0 unspecified atom stereocenters. The molecule has 0 atom stereocenters. The van der Waals surface area contributed by atoms with Crippen molar-refractivity contribution >= 4 is 33.6 Å². The Morgan fingerprint density at radius 3 is 1.33 bits per heavy atom. The lowest BCUT2D eigenvalue weighted by molar-refractivity contribution is 1.13. The molecule has 0 aliphatic heterocycles. The summed E-state index contributed by atoms with van der Waals surface area (Å²) in [5.41, 5.74) is -0.681. The average molecular weight is 448 g/mol. The van der Waals surface area contributed by atoms with Crippen molar-refractivity contribution in [2.24, 2.45) is 10.9 Å². The first-order valence-electron chi connectivity index (χ1n) is 10.6. The predicted molar refractivity (Wildman–Crippen MR) is 137 cm³/mol. The van der Waals surface area contributed by atoms with Crippen LogP contribution in [0.3, 0.4) is 0 Å². The molecule has 5 rings (SSSR count). The molecule has 0 radical (unpaired) electrons. The van der Waals surface area contributed by atoms with E-state index < -0.39 is 12.3 Å². The lowest BCUT2D eigenvalue weighted by Gasteiger charge is -2.28. The summed E-state index contributed by atoms with van der Waals surface area (Å²) in [6.45, 7) is -2.87. The van der Waals surface area contributed by atoms with Crippen molar-refractivity contribution in [3.05, 3.63) is 146 Å². The highest BCUT2D eigenvalue weighted by molar-refractivity contribution is 7.89. The van der Waals surface area contributed by atoms with E-state index in [1.807, 2.05) is 91.0 Å². The molecule has 4 nitrogen and oxygen atoms in total. The first-order valence-corrected chi connectivity index (χ1v) is 12.4. The number of rotatable bonds is 3. The van der Waals surface area contributed by atoms with Crippen LogP contribution < -0.4 is 38.0 Å². The minimum absolute atomic E-state index is 0.118. The second kappa shape index (κ2) is 8.50. The van der Waals surface area contributed by atoms with Gasteiger partial charge in [-0.25, -0.2) is 0 Å². The van der Waals surface area contributed by atoms with Gasteiger partial charge in [-0.2, -0.15) is 5.10 Å². The zero-order valence-corrected chi connectivity index (χ0v) is 18.7. The second-order valence-electron chi connectivity index (χ2n) is 7.71. The molecule has 0 aliphatic rings. The highest BCUT2D eigenvalue weighted by atomic mass is 31.2. The molecule has 0 aliphatic carbocycles. The number of fused-ring (bicyclic) bond motifs is 1. The minimum atomic E-state index is -2.87. The van der Waals surface area contributed by atoms with Crippen LogP contribution in [0.15, 0.2) is 130 Å². The van der Waals surface area contributed by atoms with Crippen molar-refractivity contribution in [1.82, 2.24) is 0 Å². The van der Waals surface area contributed by atoms with Crippen LogP contribution in [0.4, 0.5) is 0 Å². The van der Waals surface area contributed by atoms with Gasteiger partial charge in [0.1, 0.15) is 5.36 Å². The Bertz CT molecular complexity index is 1600. The molecule has 0 saturated carbocycles. The van der Waals surface area contributed by atoms with Gasteiger partial charge >= 0.3 is 0 Å². The maximum atomic E-state index is 14.1. The summed E-state index contributed by atoms with van der Waals surface area (Å²) < 4.78 is 0. The molecule has 0 bridgehead atoms. The molecule has 5 aromatic rings. The first kappa shape index (κ1) is 20.9. The summed E-state index contributed by atoms with van der Waals surface area (Å²) >= 11 is 0. The Kier molecular flexibility index (Phi) is 5.37. The Hall–Kier alpha value is -4.01. The number of nitrogens with two attached hydrogens (primary N) is 1. The second-order valence-corrected chi connectivity index (χ2v) is 11.0. The van der Waals surface area contributed by atoms with E-state index in [4.69, 9.17) is 5.84 Å². The van der Waals surface area contributed by atoms with Gasteiger partial charge in [0.05, 0.1) is 4.94 Å². The minimum Gasteiger partial charge on any atom is -0.323 e. The summed E-state index contributed by atoms with van der Waals surface area (Å²) in [6.07, 6.45) is 0. The van der Waals surface area contributed by atoms with E-state index in [1.165, 1.54) is 0 Å². The first-order chi connectivity index (χ1) is 16.2. The van der Waals surface area contributed by atoms with E-state index in [-0.39, 0.29) is 15.7 Å². The van der Waals surface area contributed by atoms with Crippen molar-refractivity contribution in [3.63, 3.8) is 0 Å². The zero-order valence-electron chi connectivity index (χ0n) is 17.8. The van der Waals surface area contributed by atoms with E-state index in [1.54, 1.807) is 24.3 Å². The number of benzene rings is 5. The van der Waals surface area contributed by atoms with Crippen LogP contribution in [-0.2, 0) is 0 Å². The summed E-state index contributed by atoms with van der Waals surface area (Å²) in [4.78, 5) is 28.4. The zero-order chi connectivity index (χ0) is 22.8. The molecule has 33 heavy (non-hydrogen) atoms. The van der Waals surface area contributed by atoms with Gasteiger partial charge in [0.25, 0.3) is 0 Å². The highest BCUT2D eigenvalue weighted by Gasteiger charge is 2.29. The van der Waals surface area contributed by atoms with Crippen LogP contribution in [0, 0.1) is 4.94 Å². The predicted octanol–water partition coefficient (Wildman–Crippen LogP) is 2.74. The van der Waals surface area contributed by atoms with E-state index >= 15 is 0 Å². The van der Waals surface area contributed by atoms with Crippen molar-refractivity contribution in [2.75, 3.05) is 0 Å². The Balaban J connectivity index is 2.28. The monoisotopic (exact) mass is 448 g/mol. The van der Waals surface area contributed by atoms with Gasteiger partial charge in [-0.05, 0) is 22.8 Å². The number of hydrogen-bond donors (Lipinski definition) is 1. The molecule has 5 aromatic carbocycles. The third kappa shape index (κ3) is 3.19. The van der Waals surface area contributed by atoms with Crippen LogP contribution in [0.25, 0.3) is 10.8 Å². The summed E-state index contributed by atoms with van der Waals surface area (Å²) in [5.74, 6) is 5.73. The lowest BCUT2D eigenvalue weighted by atomic mass is 10.1. The smallest absolute Gasteiger partial charge is 0.218 e. The van der Waals surface area contributed by atoms with Gasteiger partial charge in [0.15, 0.2) is 5.43 Å². The molecule has 2 N–H and O–H groups in total. The summed E-state index contributed by atoms with van der Waals surface area (Å²) in [5, 5.41) is 7.68. The fourth-order valence-corrected chi connectivity index (χ4v) is 8.94. The lowest BCUT2D eigenvalue weighted by Crippen LogP contribution is -2.38. The van der Waals surface area contributed by atoms with Crippen molar-refractivity contribution in [1.29, 1.82) is 0 Å². The van der Waals surface area contributed by atoms with E-state index in [0.717, 1.165) is 15.9 Å². The third-order valence-electron chi connectivity index (χ3n) is 5.97. The van der Waals surface area contributed by atoms with Crippen LogP contribution in [0.2, 0.25) is 0 Å². The Morgan fingerprint density at radius 2 is 0.909 bits per heavy atom. The molecule has 0 spiro atoms. The van der Waals surface area contributed by atoms with Crippen molar-refractivity contribution in [2.45, 2.75) is 0 Å². The molecule has 0 saturated heterocycles. The maximum absolute atomic E-state index is 14.1. The normalized spacial score (nSPS) is 12.2. The van der Waals surface area contributed by atoms with Crippen LogP contribution in [0.5, 0.6) is 0 Å². The summed E-state index contributed by atoms with van der Waals surface area (Å²) in [6, 6.07) is 36.5. The van der Waals surface area contributed by atoms with Gasteiger partial charge < -0.3 is 5.84 Å². The number of hydrogen-bond acceptors (Lipinski definition) is 4. The van der Waals surface area contributed by atoms with E-state index in [9.17, 15) is 9.59 Å². The quantitative estimate of drug-likeness (QED) is 0.262. The topological polar surface area (TPSA) is 72.5 Å². The molecule has 0 heterocycles. The molecule has 0 fully saturated rings. The molecular weight excluding hydrogens is 427 g/mol. The molecule has 0 aromatic heterocycles. The van der Waals surface area contributed by atoms with Crippen LogP contribution in [0.1, 0.15) is 0 Å². The Labute approximate surface area is 190 Å². The SMILES string of the molecule is NN=c1c(=O)c(=P(c2ccccc2)(c2ccccc2)c2ccccc2)c(=O)c2ccccc12. The fourth-order valence-electron chi connectivity index (χ4n) is 4.57. The van der Waals surface area contributed by atoms with Crippen LogP contribution in [-0.4, -0.2) is 0 Å². The van der Waals surface area contributed by atoms with Gasteiger partial charge in [-0.1, -0.05) is 115 Å². The fraction of sp³-hybridized carbons (Fsp3) is 0. The number of nitrogens with zero attached hydrogens (tertiary/aromatic N) is 1. The van der Waals surface area contributed by atoms with E-state index in [0.29, 0.717) is 10.8 Å². The van der Waals surface area contributed by atoms with E-state index in [2.05, 4.69) is 5.10 Å². The summed E-state index contributed by atoms with van der Waals surface area (Å²) in [7, 11) is 0. The van der Waals surface area contributed by atoms with Crippen molar-refractivity contribution < 1.29 is 0 Å². The van der Waals surface area contributed by atoms with Crippen molar-refractivity contribution in [3.8, 4) is 0 Å². The standard InChI is InChI=1S/C28H21N2O2P/c29-30-25-23-18-10-11-19-24(23)26(31)28(27(25)32)33(20-12-4-1-5-13-20,21-14-6-2-7-15-21)22-16-8-3-9-17-22/h1-19H,29H2. The molecule has 160 valence electrons. The van der Waals surface area contributed by atoms with Gasteiger partial charge in [0.2, 0.25) is 5.43 Å². The highest BCUT2D eigenvalue weighted by Crippen LogP contribution is 2.45. The Morgan fingerprint density at radius 1 is 0.515 bits per heavy atom. The molecular formula is C28H21N2O2P. The van der Waals surface area contributed by atoms with Crippen LogP contribution >= 0.6 is 6.89 Å². The van der Waals surface area contributed by atoms with Gasteiger partial charge in [0, 0.05) is 10.8 Å².